The molecule has 1 atom stereocenters. The van der Waals surface area contributed by atoms with Gasteiger partial charge in [-0.1, -0.05) is 35.9 Å². The quantitative estimate of drug-likeness (QED) is 0.496. The summed E-state index contributed by atoms with van der Waals surface area (Å²) in [6.45, 7) is 1.53. The summed E-state index contributed by atoms with van der Waals surface area (Å²) in [6.07, 6.45) is 2.42. The van der Waals surface area contributed by atoms with E-state index in [0.717, 1.165) is 23.3 Å². The molecule has 7 heteroatoms. The molecule has 0 saturated heterocycles. The highest BCUT2D eigenvalue weighted by atomic mass is 35.5. The van der Waals surface area contributed by atoms with Crippen LogP contribution in [0.5, 0.6) is 0 Å². The number of anilines is 1. The summed E-state index contributed by atoms with van der Waals surface area (Å²) >= 11 is 7.35. The Morgan fingerprint density at radius 1 is 1.18 bits per heavy atom. The summed E-state index contributed by atoms with van der Waals surface area (Å²) in [6, 6.07) is 13.4. The summed E-state index contributed by atoms with van der Waals surface area (Å²) in [7, 11) is 0. The molecule has 2 heterocycles. The first-order valence-corrected chi connectivity index (χ1v) is 10.1. The largest absolute Gasteiger partial charge is 0.448 e. The topological polar surface area (TPSA) is 68.3 Å². The number of esters is 1. The Morgan fingerprint density at radius 3 is 2.79 bits per heavy atom. The molecule has 4 rings (SSSR count). The monoisotopic (exact) mass is 412 g/mol. The lowest BCUT2D eigenvalue weighted by molar-refractivity contribution is -0.123. The van der Waals surface area contributed by atoms with Crippen LogP contribution in [-0.2, 0) is 22.4 Å². The van der Waals surface area contributed by atoms with Crippen LogP contribution in [0.3, 0.4) is 0 Å². The average Bonchev–Trinajstić information content (AvgIpc) is 3.14. The Balaban J connectivity index is 1.47. The van der Waals surface area contributed by atoms with E-state index in [-0.39, 0.29) is 5.15 Å². The number of ether oxygens (including phenoxy) is 1. The first-order chi connectivity index (χ1) is 13.5. The van der Waals surface area contributed by atoms with Crippen molar-refractivity contribution in [2.45, 2.75) is 25.9 Å². The number of rotatable bonds is 4. The van der Waals surface area contributed by atoms with Gasteiger partial charge in [-0.05, 0) is 54.7 Å². The molecule has 1 N–H and O–H groups in total. The predicted molar refractivity (Wildman–Crippen MR) is 110 cm³/mol. The second-order valence-corrected chi connectivity index (χ2v) is 7.91. The van der Waals surface area contributed by atoms with E-state index in [9.17, 15) is 9.59 Å². The molecular weight excluding hydrogens is 396 g/mol. The van der Waals surface area contributed by atoms with Crippen molar-refractivity contribution in [2.75, 3.05) is 5.32 Å². The number of halogens is 1. The number of nitrogens with zero attached hydrogens (tertiary/aromatic N) is 1. The number of amides is 1. The van der Waals surface area contributed by atoms with Gasteiger partial charge >= 0.3 is 5.97 Å². The Kier molecular flexibility index (Phi) is 5.15. The lowest BCUT2D eigenvalue weighted by atomic mass is 9.91. The SMILES string of the molecule is C[C@@H](OC(=O)c1cc2c(s1)-c1ccccc1CC2)C(=O)Nc1cccnc1Cl. The van der Waals surface area contributed by atoms with Crippen molar-refractivity contribution >= 4 is 40.5 Å². The summed E-state index contributed by atoms with van der Waals surface area (Å²) < 4.78 is 5.37. The molecule has 142 valence electrons. The molecule has 0 bridgehead atoms. The van der Waals surface area contributed by atoms with E-state index in [4.69, 9.17) is 16.3 Å². The van der Waals surface area contributed by atoms with Crippen LogP contribution in [0, 0.1) is 0 Å². The lowest BCUT2D eigenvalue weighted by Gasteiger charge is -2.15. The molecule has 1 amide bonds. The van der Waals surface area contributed by atoms with E-state index < -0.39 is 18.0 Å². The molecule has 0 radical (unpaired) electrons. The molecule has 2 aromatic heterocycles. The van der Waals surface area contributed by atoms with Gasteiger partial charge in [0.15, 0.2) is 11.3 Å². The third-order valence-electron chi connectivity index (χ3n) is 4.61. The van der Waals surface area contributed by atoms with Crippen molar-refractivity contribution in [1.29, 1.82) is 0 Å². The molecular formula is C21H17ClN2O3S. The fraction of sp³-hybridized carbons (Fsp3) is 0.190. The highest BCUT2D eigenvalue weighted by molar-refractivity contribution is 7.17. The number of benzene rings is 1. The van der Waals surface area contributed by atoms with Crippen molar-refractivity contribution in [2.24, 2.45) is 0 Å². The van der Waals surface area contributed by atoms with E-state index in [1.54, 1.807) is 12.1 Å². The Hall–Kier alpha value is -2.70. The zero-order valence-electron chi connectivity index (χ0n) is 15.1. The summed E-state index contributed by atoms with van der Waals surface area (Å²) in [4.78, 5) is 30.4. The van der Waals surface area contributed by atoms with Gasteiger partial charge in [-0.3, -0.25) is 4.79 Å². The highest BCUT2D eigenvalue weighted by Gasteiger charge is 2.25. The van der Waals surface area contributed by atoms with Crippen molar-refractivity contribution in [1.82, 2.24) is 4.98 Å². The van der Waals surface area contributed by atoms with Crippen LogP contribution >= 0.6 is 22.9 Å². The molecule has 1 aliphatic rings. The van der Waals surface area contributed by atoms with Gasteiger partial charge in [0.05, 0.1) is 5.69 Å². The number of nitrogens with one attached hydrogen (secondary N) is 1. The van der Waals surface area contributed by atoms with Crippen LogP contribution in [0.15, 0.2) is 48.7 Å². The number of aromatic nitrogens is 1. The maximum Gasteiger partial charge on any atom is 0.349 e. The van der Waals surface area contributed by atoms with Crippen LogP contribution < -0.4 is 5.32 Å². The lowest BCUT2D eigenvalue weighted by Crippen LogP contribution is -2.29. The fourth-order valence-electron chi connectivity index (χ4n) is 3.16. The van der Waals surface area contributed by atoms with Gasteiger partial charge in [0.2, 0.25) is 0 Å². The molecule has 0 fully saturated rings. The van der Waals surface area contributed by atoms with Crippen molar-refractivity contribution in [3.05, 3.63) is 69.8 Å². The van der Waals surface area contributed by atoms with Crippen LogP contribution in [-0.4, -0.2) is 23.0 Å². The summed E-state index contributed by atoms with van der Waals surface area (Å²) in [5, 5.41) is 2.80. The highest BCUT2D eigenvalue weighted by Crippen LogP contribution is 2.39. The average molecular weight is 413 g/mol. The number of aryl methyl sites for hydroxylation is 2. The maximum absolute atomic E-state index is 12.6. The van der Waals surface area contributed by atoms with Crippen LogP contribution in [0.25, 0.3) is 10.4 Å². The molecule has 28 heavy (non-hydrogen) atoms. The Morgan fingerprint density at radius 2 is 1.96 bits per heavy atom. The normalized spacial score (nSPS) is 13.2. The Bertz CT molecular complexity index is 1060. The molecule has 1 aliphatic carbocycles. The van der Waals surface area contributed by atoms with E-state index in [1.807, 2.05) is 18.2 Å². The van der Waals surface area contributed by atoms with Crippen LogP contribution in [0.2, 0.25) is 5.15 Å². The second kappa shape index (κ2) is 7.73. The number of pyridine rings is 1. The number of hydrogen-bond acceptors (Lipinski definition) is 5. The van der Waals surface area contributed by atoms with Crippen molar-refractivity contribution in [3.8, 4) is 10.4 Å². The minimum atomic E-state index is -0.963. The third-order valence-corrected chi connectivity index (χ3v) is 6.10. The second-order valence-electron chi connectivity index (χ2n) is 6.50. The number of hydrogen-bond donors (Lipinski definition) is 1. The number of fused-ring (bicyclic) bond motifs is 3. The summed E-state index contributed by atoms with van der Waals surface area (Å²) in [5.41, 5.74) is 3.98. The number of carbonyl (C=O) groups is 2. The third kappa shape index (κ3) is 3.66. The molecule has 0 saturated carbocycles. The zero-order valence-corrected chi connectivity index (χ0v) is 16.6. The van der Waals surface area contributed by atoms with Crippen LogP contribution in [0.4, 0.5) is 5.69 Å². The zero-order chi connectivity index (χ0) is 19.7. The molecule has 3 aromatic rings. The molecule has 0 spiro atoms. The summed E-state index contributed by atoms with van der Waals surface area (Å²) in [5.74, 6) is -0.966. The minimum absolute atomic E-state index is 0.180. The van der Waals surface area contributed by atoms with Gasteiger partial charge in [0.25, 0.3) is 5.91 Å². The van der Waals surface area contributed by atoms with Gasteiger partial charge in [0, 0.05) is 11.1 Å². The van der Waals surface area contributed by atoms with E-state index in [1.165, 1.54) is 35.6 Å². The van der Waals surface area contributed by atoms with Gasteiger partial charge in [0.1, 0.15) is 4.88 Å². The first-order valence-electron chi connectivity index (χ1n) is 8.86. The van der Waals surface area contributed by atoms with Crippen molar-refractivity contribution in [3.63, 3.8) is 0 Å². The molecule has 5 nitrogen and oxygen atoms in total. The Labute approximate surface area is 171 Å². The van der Waals surface area contributed by atoms with E-state index in [0.29, 0.717) is 10.6 Å². The number of carbonyl (C=O) groups excluding carboxylic acids is 2. The molecule has 1 aromatic carbocycles. The standard InChI is InChI=1S/C21H17ClN2O3S/c1-12(20(25)24-16-7-4-10-23-19(16)22)27-21(26)17-11-14-9-8-13-5-2-3-6-15(13)18(14)28-17/h2-7,10-12H,8-9H2,1H3,(H,24,25)/t12-/m1/s1. The predicted octanol–water partition coefficient (Wildman–Crippen LogP) is 4.75. The van der Waals surface area contributed by atoms with Gasteiger partial charge < -0.3 is 10.1 Å². The fourth-order valence-corrected chi connectivity index (χ4v) is 4.48. The van der Waals surface area contributed by atoms with Crippen LogP contribution in [0.1, 0.15) is 27.7 Å². The van der Waals surface area contributed by atoms with Gasteiger partial charge in [-0.25, -0.2) is 9.78 Å². The first kappa shape index (κ1) is 18.7. The van der Waals surface area contributed by atoms with E-state index in [2.05, 4.69) is 22.4 Å². The van der Waals surface area contributed by atoms with Crippen molar-refractivity contribution < 1.29 is 14.3 Å². The minimum Gasteiger partial charge on any atom is -0.448 e. The van der Waals surface area contributed by atoms with Gasteiger partial charge in [-0.2, -0.15) is 0 Å². The smallest absolute Gasteiger partial charge is 0.349 e. The van der Waals surface area contributed by atoms with E-state index >= 15 is 0 Å². The molecule has 0 aliphatic heterocycles. The number of thiophene rings is 1. The molecule has 0 unspecified atom stereocenters. The maximum atomic E-state index is 12.6. The van der Waals surface area contributed by atoms with Gasteiger partial charge in [-0.15, -0.1) is 11.3 Å².